The van der Waals surface area contributed by atoms with Gasteiger partial charge in [-0.05, 0) is 12.1 Å². The van der Waals surface area contributed by atoms with Gasteiger partial charge in [-0.15, -0.1) is 0 Å². The van der Waals surface area contributed by atoms with Crippen LogP contribution in [0.5, 0.6) is 5.75 Å². The molecule has 1 aliphatic rings. The largest absolute Gasteiger partial charge is 0.497 e. The van der Waals surface area contributed by atoms with Gasteiger partial charge in [0.05, 0.1) is 18.1 Å². The Morgan fingerprint density at radius 2 is 2.39 bits per heavy atom. The average molecular weight is 263 g/mol. The van der Waals surface area contributed by atoms with E-state index < -0.39 is 0 Å². The van der Waals surface area contributed by atoms with Gasteiger partial charge in [-0.2, -0.15) is 12.6 Å². The minimum absolute atomic E-state index is 0.0565. The SMILES string of the molecule is COc1ccc2nc(N3CC(S)CC3=O)[nH]c2c1. The number of methoxy groups -OCH3 is 1. The van der Waals surface area contributed by atoms with Crippen molar-refractivity contribution in [3.05, 3.63) is 18.2 Å². The smallest absolute Gasteiger partial charge is 0.230 e. The number of carbonyl (C=O) groups is 1. The zero-order valence-electron chi connectivity index (χ0n) is 9.88. The molecule has 1 atom stereocenters. The number of hydrogen-bond acceptors (Lipinski definition) is 4. The fraction of sp³-hybridized carbons (Fsp3) is 0.333. The molecule has 1 saturated heterocycles. The highest BCUT2D eigenvalue weighted by atomic mass is 32.1. The summed E-state index contributed by atoms with van der Waals surface area (Å²) in [6.07, 6.45) is 0.462. The summed E-state index contributed by atoms with van der Waals surface area (Å²) in [5.41, 5.74) is 1.68. The molecule has 94 valence electrons. The van der Waals surface area contributed by atoms with Crippen molar-refractivity contribution in [2.75, 3.05) is 18.6 Å². The number of aromatic amines is 1. The van der Waals surface area contributed by atoms with Crippen molar-refractivity contribution in [3.8, 4) is 5.75 Å². The molecule has 1 N–H and O–H groups in total. The number of anilines is 1. The molecule has 1 aliphatic heterocycles. The maximum absolute atomic E-state index is 11.8. The number of benzene rings is 1. The lowest BCUT2D eigenvalue weighted by Gasteiger charge is -2.11. The molecular weight excluding hydrogens is 250 g/mol. The zero-order chi connectivity index (χ0) is 12.7. The molecule has 6 heteroatoms. The normalized spacial score (nSPS) is 19.8. The lowest BCUT2D eigenvalue weighted by Crippen LogP contribution is -2.25. The van der Waals surface area contributed by atoms with Crippen LogP contribution in [0.1, 0.15) is 6.42 Å². The number of aromatic nitrogens is 2. The second kappa shape index (κ2) is 4.20. The van der Waals surface area contributed by atoms with Gasteiger partial charge in [0.15, 0.2) is 0 Å². The van der Waals surface area contributed by atoms with Crippen molar-refractivity contribution < 1.29 is 9.53 Å². The van der Waals surface area contributed by atoms with E-state index in [1.165, 1.54) is 0 Å². The first-order valence-corrected chi connectivity index (χ1v) is 6.21. The number of ether oxygens (including phenoxy) is 1. The number of nitrogens with one attached hydrogen (secondary N) is 1. The van der Waals surface area contributed by atoms with Crippen LogP contribution in [0, 0.1) is 0 Å². The van der Waals surface area contributed by atoms with E-state index in [4.69, 9.17) is 4.74 Å². The Morgan fingerprint density at radius 1 is 1.56 bits per heavy atom. The summed E-state index contributed by atoms with van der Waals surface area (Å²) in [6, 6.07) is 5.58. The monoisotopic (exact) mass is 263 g/mol. The van der Waals surface area contributed by atoms with E-state index in [0.717, 1.165) is 16.8 Å². The Balaban J connectivity index is 2.00. The highest BCUT2D eigenvalue weighted by Gasteiger charge is 2.30. The maximum Gasteiger partial charge on any atom is 0.230 e. The van der Waals surface area contributed by atoms with Gasteiger partial charge < -0.3 is 9.72 Å². The third kappa shape index (κ3) is 1.82. The van der Waals surface area contributed by atoms with E-state index in [2.05, 4.69) is 22.6 Å². The lowest BCUT2D eigenvalue weighted by molar-refractivity contribution is -0.117. The molecule has 0 saturated carbocycles. The summed E-state index contributed by atoms with van der Waals surface area (Å²) in [4.78, 5) is 21.0. The van der Waals surface area contributed by atoms with Gasteiger partial charge in [0.2, 0.25) is 11.9 Å². The predicted molar refractivity (Wildman–Crippen MR) is 72.4 cm³/mol. The molecule has 1 unspecified atom stereocenters. The Bertz CT molecular complexity index is 610. The van der Waals surface area contributed by atoms with Gasteiger partial charge in [0.1, 0.15) is 5.75 Å². The van der Waals surface area contributed by atoms with Gasteiger partial charge in [-0.25, -0.2) is 4.98 Å². The van der Waals surface area contributed by atoms with E-state index in [9.17, 15) is 4.79 Å². The number of fused-ring (bicyclic) bond motifs is 1. The third-order valence-electron chi connectivity index (χ3n) is 3.04. The molecule has 18 heavy (non-hydrogen) atoms. The van der Waals surface area contributed by atoms with Gasteiger partial charge in [-0.1, -0.05) is 0 Å². The van der Waals surface area contributed by atoms with Crippen molar-refractivity contribution in [1.29, 1.82) is 0 Å². The molecule has 2 heterocycles. The third-order valence-corrected chi connectivity index (χ3v) is 3.38. The fourth-order valence-corrected chi connectivity index (χ4v) is 2.44. The fourth-order valence-electron chi connectivity index (χ4n) is 2.12. The summed E-state index contributed by atoms with van der Waals surface area (Å²) in [5, 5.41) is 0.0836. The van der Waals surface area contributed by atoms with Crippen LogP contribution in [-0.2, 0) is 4.79 Å². The van der Waals surface area contributed by atoms with Crippen molar-refractivity contribution in [2.45, 2.75) is 11.7 Å². The molecule has 1 aromatic heterocycles. The summed E-state index contributed by atoms with van der Waals surface area (Å²) in [7, 11) is 1.62. The number of H-pyrrole nitrogens is 1. The Morgan fingerprint density at radius 3 is 3.06 bits per heavy atom. The van der Waals surface area contributed by atoms with Crippen molar-refractivity contribution in [3.63, 3.8) is 0 Å². The lowest BCUT2D eigenvalue weighted by atomic mass is 10.3. The van der Waals surface area contributed by atoms with Crippen LogP contribution in [-0.4, -0.2) is 34.8 Å². The summed E-state index contributed by atoms with van der Waals surface area (Å²) < 4.78 is 5.15. The summed E-state index contributed by atoms with van der Waals surface area (Å²) in [6.45, 7) is 0.596. The highest BCUT2D eigenvalue weighted by Crippen LogP contribution is 2.25. The second-order valence-corrected chi connectivity index (χ2v) is 5.04. The molecule has 0 aliphatic carbocycles. The molecule has 1 fully saturated rings. The zero-order valence-corrected chi connectivity index (χ0v) is 10.8. The van der Waals surface area contributed by atoms with Crippen LogP contribution in [0.4, 0.5) is 5.95 Å². The highest BCUT2D eigenvalue weighted by molar-refractivity contribution is 7.81. The molecule has 2 aromatic rings. The van der Waals surface area contributed by atoms with E-state index in [0.29, 0.717) is 18.9 Å². The van der Waals surface area contributed by atoms with Crippen molar-refractivity contribution >= 4 is 35.5 Å². The molecule has 0 spiro atoms. The van der Waals surface area contributed by atoms with Crippen LogP contribution in [0.25, 0.3) is 11.0 Å². The van der Waals surface area contributed by atoms with E-state index in [1.54, 1.807) is 12.0 Å². The average Bonchev–Trinajstić information content (AvgIpc) is 2.90. The van der Waals surface area contributed by atoms with E-state index in [-0.39, 0.29) is 11.2 Å². The van der Waals surface area contributed by atoms with Crippen LogP contribution in [0.15, 0.2) is 18.2 Å². The van der Waals surface area contributed by atoms with E-state index in [1.807, 2.05) is 18.2 Å². The number of imidazole rings is 1. The molecule has 0 bridgehead atoms. The molecule has 1 amide bonds. The molecular formula is C12H13N3O2S. The van der Waals surface area contributed by atoms with Gasteiger partial charge in [0, 0.05) is 24.3 Å². The van der Waals surface area contributed by atoms with Crippen LogP contribution < -0.4 is 9.64 Å². The Labute approximate surface area is 110 Å². The van der Waals surface area contributed by atoms with E-state index >= 15 is 0 Å². The minimum atomic E-state index is 0.0565. The minimum Gasteiger partial charge on any atom is -0.497 e. The van der Waals surface area contributed by atoms with Crippen molar-refractivity contribution in [2.24, 2.45) is 0 Å². The number of carbonyl (C=O) groups excluding carboxylic acids is 1. The first kappa shape index (κ1) is 11.4. The molecule has 1 aromatic carbocycles. The number of thiol groups is 1. The van der Waals surface area contributed by atoms with Crippen LogP contribution in [0.3, 0.4) is 0 Å². The molecule has 3 rings (SSSR count). The predicted octanol–water partition coefficient (Wildman–Crippen LogP) is 1.61. The van der Waals surface area contributed by atoms with Crippen LogP contribution in [0.2, 0.25) is 0 Å². The number of amides is 1. The number of nitrogens with zero attached hydrogens (tertiary/aromatic N) is 2. The Hall–Kier alpha value is -1.69. The first-order valence-electron chi connectivity index (χ1n) is 5.69. The van der Waals surface area contributed by atoms with Crippen molar-refractivity contribution in [1.82, 2.24) is 9.97 Å². The van der Waals surface area contributed by atoms with Crippen LogP contribution >= 0.6 is 12.6 Å². The second-order valence-electron chi connectivity index (χ2n) is 4.31. The number of hydrogen-bond donors (Lipinski definition) is 2. The number of rotatable bonds is 2. The summed E-state index contributed by atoms with van der Waals surface area (Å²) in [5.74, 6) is 1.40. The topological polar surface area (TPSA) is 58.2 Å². The maximum atomic E-state index is 11.8. The summed E-state index contributed by atoms with van der Waals surface area (Å²) >= 11 is 4.33. The van der Waals surface area contributed by atoms with Gasteiger partial charge in [-0.3, -0.25) is 9.69 Å². The molecule has 5 nitrogen and oxygen atoms in total. The first-order chi connectivity index (χ1) is 8.67. The molecule has 0 radical (unpaired) electrons. The van der Waals surface area contributed by atoms with Gasteiger partial charge in [0.25, 0.3) is 0 Å². The Kier molecular flexibility index (Phi) is 2.66. The standard InChI is InChI=1S/C12H13N3O2S/c1-17-7-2-3-9-10(4-7)14-12(13-9)15-6-8(18)5-11(15)16/h2-4,8,18H,5-6H2,1H3,(H,13,14). The van der Waals surface area contributed by atoms with Gasteiger partial charge >= 0.3 is 0 Å². The quantitative estimate of drug-likeness (QED) is 0.809.